The summed E-state index contributed by atoms with van der Waals surface area (Å²) in [6.07, 6.45) is 4.58. The fraction of sp³-hybridized carbons (Fsp3) is 0.0238. The van der Waals surface area contributed by atoms with E-state index in [4.69, 9.17) is 15.0 Å². The van der Waals surface area contributed by atoms with Crippen LogP contribution in [-0.2, 0) is 5.41 Å². The molecule has 0 radical (unpaired) electrons. The van der Waals surface area contributed by atoms with E-state index in [1.807, 2.05) is 11.8 Å². The lowest BCUT2D eigenvalue weighted by Crippen LogP contribution is -2.55. The Kier molecular flexibility index (Phi) is 8.93. The van der Waals surface area contributed by atoms with Gasteiger partial charge in [0.2, 0.25) is 0 Å². The van der Waals surface area contributed by atoms with Gasteiger partial charge in [0, 0.05) is 26.5 Å². The first-order valence-electron chi connectivity index (χ1n) is 19.6. The second kappa shape index (κ2) is 13.6. The monoisotopic (exact) mass is 725 g/mol. The molecule has 0 saturated heterocycles. The van der Waals surface area contributed by atoms with Crippen LogP contribution in [0.25, 0.3) is 46.3 Å². The third-order valence-electron chi connectivity index (χ3n) is 13.4. The molecule has 1 aliphatic carbocycles. The van der Waals surface area contributed by atoms with Gasteiger partial charge in [-0.2, -0.15) is 0 Å². The first kappa shape index (κ1) is 36.7. The molecule has 0 fully saturated rings. The Labute approximate surface area is 343 Å². The summed E-state index contributed by atoms with van der Waals surface area (Å²) in [6.45, 7) is 0. The highest BCUT2D eigenvalue weighted by Crippen LogP contribution is 2.58. The maximum Gasteiger partial charge on any atom is 0.164 e. The molecule has 7 aromatic rings. The van der Waals surface area contributed by atoms with Crippen molar-refractivity contribution >= 4 is 157 Å². The largest absolute Gasteiger partial charge is 0.208 e. The molecule has 56 heavy (non-hydrogen) atoms. The van der Waals surface area contributed by atoms with E-state index < -0.39 is 5.41 Å². The van der Waals surface area contributed by atoms with Crippen LogP contribution in [0.4, 0.5) is 0 Å². The van der Waals surface area contributed by atoms with Crippen LogP contribution in [0, 0.1) is 0 Å². The zero-order chi connectivity index (χ0) is 39.2. The van der Waals surface area contributed by atoms with Crippen LogP contribution in [-0.4, -0.2) is 93.4 Å². The topological polar surface area (TPSA) is 38.7 Å². The van der Waals surface area contributed by atoms with E-state index in [0.717, 1.165) is 28.3 Å². The van der Waals surface area contributed by atoms with Crippen LogP contribution in [0.5, 0.6) is 0 Å². The van der Waals surface area contributed by atoms with Crippen molar-refractivity contribution < 1.29 is 0 Å². The average molecular weight is 724 g/mol. The number of hydrogen-bond acceptors (Lipinski definition) is 4. The quantitative estimate of drug-likeness (QED) is 0.170. The smallest absolute Gasteiger partial charge is 0.164 e. The van der Waals surface area contributed by atoms with Crippen molar-refractivity contribution in [3.8, 4) is 34.2 Å². The molecule has 6 aromatic carbocycles. The molecule has 1 spiro atoms. The van der Waals surface area contributed by atoms with Crippen molar-refractivity contribution in [1.82, 2.24) is 15.0 Å². The minimum atomic E-state index is -0.570. The van der Waals surface area contributed by atoms with Crippen molar-refractivity contribution in [2.45, 2.75) is 15.2 Å². The predicted molar refractivity (Wildman–Crippen MR) is 269 cm³/mol. The second-order valence-corrected chi connectivity index (χ2v) is 17.0. The molecule has 0 unspecified atom stereocenters. The molecule has 2 heterocycles. The third kappa shape index (κ3) is 5.31. The van der Waals surface area contributed by atoms with E-state index in [1.54, 1.807) is 0 Å². The molecule has 0 N–H and O–H groups in total. The van der Waals surface area contributed by atoms with E-state index in [0.29, 0.717) is 5.82 Å². The van der Waals surface area contributed by atoms with E-state index in [2.05, 4.69) is 182 Å². The van der Waals surface area contributed by atoms with Crippen molar-refractivity contribution in [3.63, 3.8) is 0 Å². The number of hydrogen-bond donors (Lipinski definition) is 0. The normalized spacial score (nSPS) is 13.4. The van der Waals surface area contributed by atoms with Gasteiger partial charge in [0.25, 0.3) is 0 Å². The lowest BCUT2D eigenvalue weighted by molar-refractivity contribution is 0.701. The van der Waals surface area contributed by atoms with E-state index in [1.165, 1.54) is 97.8 Å². The van der Waals surface area contributed by atoms with Gasteiger partial charge in [0.15, 0.2) is 17.5 Å². The second-order valence-electron chi connectivity index (χ2n) is 15.9. The van der Waals surface area contributed by atoms with Crippen LogP contribution in [0.2, 0.25) is 0 Å². The van der Waals surface area contributed by atoms with E-state index in [-0.39, 0.29) is 0 Å². The van der Waals surface area contributed by atoms with Gasteiger partial charge in [-0.1, -0.05) is 119 Å². The highest BCUT2D eigenvalue weighted by atomic mass is 32.2. The zero-order valence-electron chi connectivity index (χ0n) is 34.1. The molecule has 0 saturated carbocycles. The number of fused-ring (bicyclic) bond motifs is 8. The maximum atomic E-state index is 5.45. The number of aromatic nitrogens is 3. The summed E-state index contributed by atoms with van der Waals surface area (Å²) >= 11 is 1.86. The lowest BCUT2D eigenvalue weighted by Gasteiger charge is -2.42. The highest BCUT2D eigenvalue weighted by Gasteiger charge is 2.47. The van der Waals surface area contributed by atoms with Crippen LogP contribution in [0.1, 0.15) is 33.4 Å². The molecule has 9 rings (SSSR count). The van der Waals surface area contributed by atoms with Crippen molar-refractivity contribution in [1.29, 1.82) is 0 Å². The Bertz CT molecular complexity index is 2690. The molecule has 1 aromatic heterocycles. The maximum absolute atomic E-state index is 5.45. The van der Waals surface area contributed by atoms with Crippen LogP contribution in [0.15, 0.2) is 101 Å². The van der Waals surface area contributed by atoms with Gasteiger partial charge >= 0.3 is 0 Å². The molecular formula is C42H37B10N3S. The molecule has 2 aliphatic rings. The Hall–Kier alpha value is -4.93. The fourth-order valence-corrected chi connectivity index (χ4v) is 10.6. The van der Waals surface area contributed by atoms with Gasteiger partial charge in [-0.25, -0.2) is 15.0 Å². The Morgan fingerprint density at radius 1 is 0.375 bits per heavy atom. The van der Waals surface area contributed by atoms with Crippen molar-refractivity contribution in [2.24, 2.45) is 0 Å². The first-order chi connectivity index (χ1) is 26.9. The molecule has 14 heteroatoms. The third-order valence-corrected chi connectivity index (χ3v) is 14.6. The number of nitrogens with zero attached hydrogens (tertiary/aromatic N) is 3. The minimum Gasteiger partial charge on any atom is -0.208 e. The summed E-state index contributed by atoms with van der Waals surface area (Å²) in [5.74, 6) is 2.13. The molecular weight excluding hydrogens is 687 g/mol. The Morgan fingerprint density at radius 2 is 0.768 bits per heavy atom. The Balaban J connectivity index is 1.39. The van der Waals surface area contributed by atoms with Crippen LogP contribution in [0.3, 0.4) is 0 Å². The summed E-state index contributed by atoms with van der Waals surface area (Å²) in [5.41, 5.74) is 22.7. The zero-order valence-corrected chi connectivity index (χ0v) is 34.9. The predicted octanol–water partition coefficient (Wildman–Crippen LogP) is -7.21. The molecule has 1 aliphatic heterocycles. The van der Waals surface area contributed by atoms with Gasteiger partial charge in [0.1, 0.15) is 78.5 Å². The summed E-state index contributed by atoms with van der Waals surface area (Å²) < 4.78 is 0. The van der Waals surface area contributed by atoms with Crippen molar-refractivity contribution in [3.05, 3.63) is 124 Å². The van der Waals surface area contributed by atoms with Gasteiger partial charge in [-0.3, -0.25) is 0 Å². The molecule has 0 atom stereocenters. The minimum absolute atomic E-state index is 0.570. The molecule has 0 amide bonds. The molecule has 3 nitrogen and oxygen atoms in total. The average Bonchev–Trinajstić information content (AvgIpc) is 3.36. The fourth-order valence-electron chi connectivity index (χ4n) is 9.45. The van der Waals surface area contributed by atoms with Gasteiger partial charge < -0.3 is 0 Å². The van der Waals surface area contributed by atoms with Crippen molar-refractivity contribution in [2.75, 3.05) is 0 Å². The SMILES string of the molecule is Bc1c(B)c(B)c(-c2nc(-c3ccc4c(c3)C3(c5ccccc5C=C4)c4ccccc4Sc4ccccc43)nc(-c3c(B)c(B)c(B)c(B)c3B)n2)c(B)c1B. The number of rotatable bonds is 3. The number of benzene rings is 6. The van der Waals surface area contributed by atoms with Gasteiger partial charge in [0.05, 0.1) is 5.41 Å². The van der Waals surface area contributed by atoms with Gasteiger partial charge in [-0.05, 0) is 51.6 Å². The molecule has 0 bridgehead atoms. The van der Waals surface area contributed by atoms with Crippen LogP contribution >= 0.6 is 11.8 Å². The van der Waals surface area contributed by atoms with E-state index in [9.17, 15) is 0 Å². The summed E-state index contributed by atoms with van der Waals surface area (Å²) in [4.78, 5) is 18.9. The first-order valence-corrected chi connectivity index (χ1v) is 20.4. The Morgan fingerprint density at radius 3 is 1.27 bits per heavy atom. The summed E-state index contributed by atoms with van der Waals surface area (Å²) in [5, 5.41) is 0. The van der Waals surface area contributed by atoms with E-state index >= 15 is 0 Å². The lowest BCUT2D eigenvalue weighted by atomic mass is 9.60. The van der Waals surface area contributed by atoms with Crippen LogP contribution < -0.4 is 54.6 Å². The highest BCUT2D eigenvalue weighted by molar-refractivity contribution is 7.99. The molecule has 256 valence electrons. The standard InChI is InChI=1S/C42H37B10N3S/c43-29-27(30(44)34(48)37(51)33(29)47)40-53-39(54-41(55-40)28-31(45)35(49)38(52)36(50)32(28)46)20-16-15-19-14-13-18-7-1-2-8-21(18)42(24(19)17-20)22-9-3-5-11-25(22)56-26-12-6-4-10-23(26)42/h1-17H,43-52H2. The summed E-state index contributed by atoms with van der Waals surface area (Å²) in [7, 11) is 22.2. The van der Waals surface area contributed by atoms with Gasteiger partial charge in [-0.15, -0.1) is 32.8 Å². The summed E-state index contributed by atoms with van der Waals surface area (Å²) in [6, 6.07) is 33.7.